The molecule has 3 rings (SSSR count). The Morgan fingerprint density at radius 1 is 1.14 bits per heavy atom. The Balaban J connectivity index is 1.71. The van der Waals surface area contributed by atoms with E-state index in [1.165, 1.54) is 7.11 Å². The number of hydrogen-bond donors (Lipinski definition) is 0. The molecule has 0 N–H and O–H groups in total. The topological polar surface area (TPSA) is 85.4 Å². The van der Waals surface area contributed by atoms with Crippen molar-refractivity contribution in [2.75, 3.05) is 45.4 Å². The largest absolute Gasteiger partial charge is 0.497 e. The minimum absolute atomic E-state index is 0.0864. The van der Waals surface area contributed by atoms with Crippen molar-refractivity contribution in [1.29, 1.82) is 0 Å². The zero-order chi connectivity index (χ0) is 21.0. The summed E-state index contributed by atoms with van der Waals surface area (Å²) >= 11 is 0. The van der Waals surface area contributed by atoms with Crippen molar-refractivity contribution in [2.45, 2.75) is 26.2 Å². The number of carbonyl (C=O) groups is 3. The Morgan fingerprint density at radius 2 is 1.93 bits per heavy atom. The monoisotopic (exact) mass is 404 g/mol. The number of anilines is 1. The molecule has 158 valence electrons. The number of amides is 2. The van der Waals surface area contributed by atoms with E-state index in [2.05, 4.69) is 0 Å². The average molecular weight is 404 g/mol. The predicted octanol–water partition coefficient (Wildman–Crippen LogP) is 1.86. The first kappa shape index (κ1) is 21.0. The number of carbonyl (C=O) groups excluding carboxylic acids is 3. The Kier molecular flexibility index (Phi) is 6.61. The Morgan fingerprint density at radius 3 is 2.62 bits per heavy atom. The van der Waals surface area contributed by atoms with Crippen LogP contribution in [0, 0.1) is 11.8 Å². The van der Waals surface area contributed by atoms with Gasteiger partial charge in [-0.25, -0.2) is 0 Å². The van der Waals surface area contributed by atoms with Gasteiger partial charge in [0.1, 0.15) is 11.5 Å². The SMILES string of the molecule is CCOC(=O)[C@@H]1CCCN(C(=O)[C@H]2CC(=O)N(c3cc(OC)ccc3OC)C2)C1. The van der Waals surface area contributed by atoms with Gasteiger partial charge in [-0.1, -0.05) is 0 Å². The van der Waals surface area contributed by atoms with Crippen LogP contribution in [0.15, 0.2) is 18.2 Å². The van der Waals surface area contributed by atoms with Gasteiger partial charge in [0.25, 0.3) is 0 Å². The highest BCUT2D eigenvalue weighted by Gasteiger charge is 2.40. The molecule has 2 atom stereocenters. The molecule has 2 aliphatic rings. The van der Waals surface area contributed by atoms with Crippen LogP contribution in [-0.4, -0.2) is 63.1 Å². The first-order chi connectivity index (χ1) is 14.0. The number of ether oxygens (including phenoxy) is 3. The lowest BCUT2D eigenvalue weighted by Crippen LogP contribution is -2.45. The second-order valence-electron chi connectivity index (χ2n) is 7.32. The maximum absolute atomic E-state index is 13.1. The van der Waals surface area contributed by atoms with Gasteiger partial charge in [-0.15, -0.1) is 0 Å². The molecular weight excluding hydrogens is 376 g/mol. The molecule has 29 heavy (non-hydrogen) atoms. The normalized spacial score (nSPS) is 21.8. The van der Waals surface area contributed by atoms with Crippen molar-refractivity contribution in [3.05, 3.63) is 18.2 Å². The molecule has 2 aliphatic heterocycles. The molecule has 1 aromatic rings. The number of methoxy groups -OCH3 is 2. The number of benzene rings is 1. The number of likely N-dealkylation sites (tertiary alicyclic amines) is 1. The van der Waals surface area contributed by atoms with Crippen LogP contribution in [0.1, 0.15) is 26.2 Å². The summed E-state index contributed by atoms with van der Waals surface area (Å²) in [5.74, 6) is -0.0521. The van der Waals surface area contributed by atoms with Gasteiger partial charge in [-0.05, 0) is 31.9 Å². The standard InChI is InChI=1S/C21H28N2O6/c1-4-29-21(26)14-6-5-9-22(12-14)20(25)15-10-19(24)23(13-15)17-11-16(27-2)7-8-18(17)28-3/h7-8,11,14-15H,4-6,9-10,12-13H2,1-3H3/t14-,15+/m1/s1. The first-order valence-electron chi connectivity index (χ1n) is 9.96. The summed E-state index contributed by atoms with van der Waals surface area (Å²) in [4.78, 5) is 41.1. The van der Waals surface area contributed by atoms with Gasteiger partial charge in [0.2, 0.25) is 11.8 Å². The summed E-state index contributed by atoms with van der Waals surface area (Å²) in [7, 11) is 3.10. The van der Waals surface area contributed by atoms with Crippen molar-refractivity contribution in [3.8, 4) is 11.5 Å². The summed E-state index contributed by atoms with van der Waals surface area (Å²) in [5, 5.41) is 0. The molecule has 2 saturated heterocycles. The molecule has 2 amide bonds. The van der Waals surface area contributed by atoms with Gasteiger partial charge in [0.05, 0.1) is 38.3 Å². The predicted molar refractivity (Wildman–Crippen MR) is 106 cm³/mol. The highest BCUT2D eigenvalue weighted by Crippen LogP contribution is 2.36. The van der Waals surface area contributed by atoms with Crippen LogP contribution in [0.4, 0.5) is 5.69 Å². The highest BCUT2D eigenvalue weighted by atomic mass is 16.5. The third-order valence-electron chi connectivity index (χ3n) is 5.50. The minimum atomic E-state index is -0.445. The van der Waals surface area contributed by atoms with Gasteiger partial charge >= 0.3 is 5.97 Å². The summed E-state index contributed by atoms with van der Waals surface area (Å²) in [5.41, 5.74) is 0.593. The van der Waals surface area contributed by atoms with E-state index in [1.807, 2.05) is 0 Å². The van der Waals surface area contributed by atoms with Crippen molar-refractivity contribution < 1.29 is 28.6 Å². The van der Waals surface area contributed by atoms with E-state index in [-0.39, 0.29) is 36.7 Å². The lowest BCUT2D eigenvalue weighted by Gasteiger charge is -2.33. The molecular formula is C21H28N2O6. The quantitative estimate of drug-likeness (QED) is 0.673. The maximum Gasteiger partial charge on any atom is 0.310 e. The van der Waals surface area contributed by atoms with Crippen molar-refractivity contribution >= 4 is 23.5 Å². The number of esters is 1. The van der Waals surface area contributed by atoms with Crippen LogP contribution in [0.5, 0.6) is 11.5 Å². The van der Waals surface area contributed by atoms with E-state index in [9.17, 15) is 14.4 Å². The second kappa shape index (κ2) is 9.15. The fourth-order valence-electron chi connectivity index (χ4n) is 4.00. The minimum Gasteiger partial charge on any atom is -0.497 e. The average Bonchev–Trinajstić information content (AvgIpc) is 3.14. The third kappa shape index (κ3) is 4.46. The van der Waals surface area contributed by atoms with Crippen LogP contribution >= 0.6 is 0 Å². The van der Waals surface area contributed by atoms with Crippen molar-refractivity contribution in [1.82, 2.24) is 4.90 Å². The summed E-state index contributed by atoms with van der Waals surface area (Å²) in [6, 6.07) is 5.24. The second-order valence-corrected chi connectivity index (χ2v) is 7.32. The molecule has 0 radical (unpaired) electrons. The fourth-order valence-corrected chi connectivity index (χ4v) is 4.00. The zero-order valence-electron chi connectivity index (χ0n) is 17.2. The Bertz CT molecular complexity index is 780. The molecule has 0 saturated carbocycles. The Hall–Kier alpha value is -2.77. The van der Waals surface area contributed by atoms with Crippen LogP contribution < -0.4 is 14.4 Å². The van der Waals surface area contributed by atoms with Gasteiger partial charge in [0.15, 0.2) is 0 Å². The summed E-state index contributed by atoms with van der Waals surface area (Å²) in [6.45, 7) is 3.33. The molecule has 0 unspecified atom stereocenters. The molecule has 8 heteroatoms. The van der Waals surface area contributed by atoms with Gasteiger partial charge in [-0.2, -0.15) is 0 Å². The van der Waals surface area contributed by atoms with Gasteiger partial charge < -0.3 is 24.0 Å². The van der Waals surface area contributed by atoms with Crippen LogP contribution in [-0.2, 0) is 19.1 Å². The van der Waals surface area contributed by atoms with Crippen molar-refractivity contribution in [3.63, 3.8) is 0 Å². The molecule has 2 heterocycles. The van der Waals surface area contributed by atoms with Gasteiger partial charge in [-0.3, -0.25) is 14.4 Å². The van der Waals surface area contributed by atoms with Crippen LogP contribution in [0.25, 0.3) is 0 Å². The summed E-state index contributed by atoms with van der Waals surface area (Å²) < 4.78 is 15.8. The number of piperidine rings is 1. The molecule has 0 aliphatic carbocycles. The van der Waals surface area contributed by atoms with E-state index < -0.39 is 5.92 Å². The van der Waals surface area contributed by atoms with E-state index in [1.54, 1.807) is 42.0 Å². The lowest BCUT2D eigenvalue weighted by molar-refractivity contribution is -0.152. The van der Waals surface area contributed by atoms with Crippen LogP contribution in [0.3, 0.4) is 0 Å². The molecule has 0 spiro atoms. The van der Waals surface area contributed by atoms with Gasteiger partial charge in [0, 0.05) is 32.1 Å². The van der Waals surface area contributed by atoms with E-state index >= 15 is 0 Å². The molecule has 1 aromatic carbocycles. The van der Waals surface area contributed by atoms with E-state index in [0.29, 0.717) is 36.9 Å². The highest BCUT2D eigenvalue weighted by molar-refractivity contribution is 6.01. The number of rotatable bonds is 6. The maximum atomic E-state index is 13.1. The summed E-state index contributed by atoms with van der Waals surface area (Å²) in [6.07, 6.45) is 1.61. The number of nitrogens with zero attached hydrogens (tertiary/aromatic N) is 2. The van der Waals surface area contributed by atoms with E-state index in [0.717, 1.165) is 12.8 Å². The Labute approximate surface area is 170 Å². The van der Waals surface area contributed by atoms with Crippen LogP contribution in [0.2, 0.25) is 0 Å². The molecule has 8 nitrogen and oxygen atoms in total. The zero-order valence-corrected chi connectivity index (χ0v) is 17.2. The van der Waals surface area contributed by atoms with Crippen molar-refractivity contribution in [2.24, 2.45) is 11.8 Å². The first-order valence-corrected chi connectivity index (χ1v) is 9.96. The lowest BCUT2D eigenvalue weighted by atomic mass is 9.96. The fraction of sp³-hybridized carbons (Fsp3) is 0.571. The third-order valence-corrected chi connectivity index (χ3v) is 5.50. The molecule has 2 fully saturated rings. The number of hydrogen-bond acceptors (Lipinski definition) is 6. The molecule has 0 aromatic heterocycles. The van der Waals surface area contributed by atoms with E-state index in [4.69, 9.17) is 14.2 Å². The smallest absolute Gasteiger partial charge is 0.310 e. The molecule has 0 bridgehead atoms.